The van der Waals surface area contributed by atoms with Crippen molar-refractivity contribution in [3.8, 4) is 0 Å². The Morgan fingerprint density at radius 2 is 1.90 bits per heavy atom. The van der Waals surface area contributed by atoms with E-state index in [0.717, 1.165) is 5.56 Å². The van der Waals surface area contributed by atoms with Gasteiger partial charge in [0, 0.05) is 0 Å². The summed E-state index contributed by atoms with van der Waals surface area (Å²) in [6.07, 6.45) is 0. The Bertz CT molecular complexity index is 585. The second kappa shape index (κ2) is 6.07. The summed E-state index contributed by atoms with van der Waals surface area (Å²) in [6.45, 7) is 1.80. The Morgan fingerprint density at radius 3 is 2.45 bits per heavy atom. The average Bonchev–Trinajstić information content (AvgIpc) is 2.48. The summed E-state index contributed by atoms with van der Waals surface area (Å²) in [5.74, 6) is 4.85. The Balaban J connectivity index is 2.04. The summed E-state index contributed by atoms with van der Waals surface area (Å²) in [4.78, 5) is 12.0. The molecule has 0 saturated heterocycles. The first-order valence-electron chi connectivity index (χ1n) is 5.97. The van der Waals surface area contributed by atoms with Crippen LogP contribution in [-0.2, 0) is 0 Å². The monoisotopic (exact) mass is 275 g/mol. The standard InChI is InChI=1S/C13H14FN5O/c1-8(9-2-4-10(14)5-3-9)16-13(20)11-6-7-12(17-15)19-18-11/h2-8H,15H2,1H3,(H,16,20)(H,17,19). The largest absolute Gasteiger partial charge is 0.344 e. The summed E-state index contributed by atoms with van der Waals surface area (Å²) in [6, 6.07) is 8.72. The number of carbonyl (C=O) groups excluding carboxylic acids is 1. The second-order valence-electron chi connectivity index (χ2n) is 4.19. The molecule has 1 atom stereocenters. The lowest BCUT2D eigenvalue weighted by Gasteiger charge is -2.13. The van der Waals surface area contributed by atoms with Crippen molar-refractivity contribution in [1.29, 1.82) is 0 Å². The molecular formula is C13H14FN5O. The SMILES string of the molecule is CC(NC(=O)c1ccc(NN)nn1)c1ccc(F)cc1. The molecule has 2 aromatic rings. The molecule has 0 fully saturated rings. The smallest absolute Gasteiger partial charge is 0.272 e. The fourth-order valence-electron chi connectivity index (χ4n) is 1.64. The Morgan fingerprint density at radius 1 is 1.20 bits per heavy atom. The molecule has 0 spiro atoms. The number of rotatable bonds is 4. The van der Waals surface area contributed by atoms with Crippen LogP contribution in [-0.4, -0.2) is 16.1 Å². The first-order chi connectivity index (χ1) is 9.60. The number of nitrogen functional groups attached to an aromatic ring is 1. The van der Waals surface area contributed by atoms with Crippen molar-refractivity contribution in [2.75, 3.05) is 5.43 Å². The molecule has 6 nitrogen and oxygen atoms in total. The highest BCUT2D eigenvalue weighted by molar-refractivity contribution is 5.92. The van der Waals surface area contributed by atoms with Gasteiger partial charge in [-0.15, -0.1) is 10.2 Å². The molecule has 1 aromatic carbocycles. The first kappa shape index (κ1) is 13.9. The van der Waals surface area contributed by atoms with Crippen LogP contribution in [0.25, 0.3) is 0 Å². The molecule has 0 aliphatic carbocycles. The molecule has 0 radical (unpaired) electrons. The number of hydrazine groups is 1. The third-order valence-electron chi connectivity index (χ3n) is 2.76. The molecule has 1 heterocycles. The van der Waals surface area contributed by atoms with E-state index in [1.165, 1.54) is 18.2 Å². The molecule has 0 bridgehead atoms. The van der Waals surface area contributed by atoms with E-state index in [0.29, 0.717) is 5.82 Å². The summed E-state index contributed by atoms with van der Waals surface area (Å²) in [7, 11) is 0. The minimum atomic E-state index is -0.363. The van der Waals surface area contributed by atoms with E-state index in [2.05, 4.69) is 20.9 Å². The van der Waals surface area contributed by atoms with Gasteiger partial charge in [0.15, 0.2) is 11.5 Å². The van der Waals surface area contributed by atoms with Crippen molar-refractivity contribution < 1.29 is 9.18 Å². The van der Waals surface area contributed by atoms with Gasteiger partial charge in [-0.05, 0) is 36.8 Å². The van der Waals surface area contributed by atoms with Gasteiger partial charge in [-0.25, -0.2) is 10.2 Å². The number of carbonyl (C=O) groups is 1. The third-order valence-corrected chi connectivity index (χ3v) is 2.76. The zero-order chi connectivity index (χ0) is 14.5. The normalized spacial score (nSPS) is 11.8. The molecule has 20 heavy (non-hydrogen) atoms. The maximum atomic E-state index is 12.8. The number of hydrogen-bond acceptors (Lipinski definition) is 5. The molecule has 7 heteroatoms. The fourth-order valence-corrected chi connectivity index (χ4v) is 1.64. The van der Waals surface area contributed by atoms with E-state index in [9.17, 15) is 9.18 Å². The highest BCUT2D eigenvalue weighted by Crippen LogP contribution is 2.13. The number of hydrogen-bond donors (Lipinski definition) is 3. The van der Waals surface area contributed by atoms with Gasteiger partial charge in [0.25, 0.3) is 5.91 Å². The van der Waals surface area contributed by atoms with E-state index in [4.69, 9.17) is 5.84 Å². The number of halogens is 1. The van der Waals surface area contributed by atoms with Crippen LogP contribution >= 0.6 is 0 Å². The maximum Gasteiger partial charge on any atom is 0.272 e. The van der Waals surface area contributed by atoms with Crippen LogP contribution in [0.15, 0.2) is 36.4 Å². The Labute approximate surface area is 115 Å². The lowest BCUT2D eigenvalue weighted by Crippen LogP contribution is -2.27. The third kappa shape index (κ3) is 3.27. The molecule has 0 aliphatic heterocycles. The summed E-state index contributed by atoms with van der Waals surface area (Å²) in [5.41, 5.74) is 3.30. The topological polar surface area (TPSA) is 92.9 Å². The predicted molar refractivity (Wildman–Crippen MR) is 72.1 cm³/mol. The van der Waals surface area contributed by atoms with Crippen molar-refractivity contribution in [3.05, 3.63) is 53.5 Å². The van der Waals surface area contributed by atoms with Crippen LogP contribution in [0, 0.1) is 5.82 Å². The van der Waals surface area contributed by atoms with E-state index in [1.54, 1.807) is 25.1 Å². The molecule has 4 N–H and O–H groups in total. The lowest BCUT2D eigenvalue weighted by molar-refractivity contribution is 0.0934. The first-order valence-corrected chi connectivity index (χ1v) is 5.97. The Hall–Kier alpha value is -2.54. The number of nitrogens with two attached hydrogens (primary N) is 1. The summed E-state index contributed by atoms with van der Waals surface area (Å²) in [5, 5.41) is 10.2. The number of aromatic nitrogens is 2. The van der Waals surface area contributed by atoms with Gasteiger partial charge in [0.2, 0.25) is 0 Å². The minimum Gasteiger partial charge on any atom is -0.344 e. The zero-order valence-corrected chi connectivity index (χ0v) is 10.8. The van der Waals surface area contributed by atoms with Crippen molar-refractivity contribution in [2.45, 2.75) is 13.0 Å². The minimum absolute atomic E-state index is 0.179. The van der Waals surface area contributed by atoms with Crippen LogP contribution in [0.1, 0.15) is 29.0 Å². The van der Waals surface area contributed by atoms with Gasteiger partial charge in [-0.1, -0.05) is 12.1 Å². The van der Waals surface area contributed by atoms with E-state index < -0.39 is 0 Å². The number of nitrogens with one attached hydrogen (secondary N) is 2. The van der Waals surface area contributed by atoms with Crippen LogP contribution in [0.5, 0.6) is 0 Å². The van der Waals surface area contributed by atoms with Gasteiger partial charge in [-0.3, -0.25) is 4.79 Å². The predicted octanol–water partition coefficient (Wildman–Crippen LogP) is 1.39. The van der Waals surface area contributed by atoms with E-state index in [-0.39, 0.29) is 23.5 Å². The number of amides is 1. The van der Waals surface area contributed by atoms with Crippen LogP contribution in [0.2, 0.25) is 0 Å². The van der Waals surface area contributed by atoms with Gasteiger partial charge in [0.1, 0.15) is 5.82 Å². The van der Waals surface area contributed by atoms with Gasteiger partial charge >= 0.3 is 0 Å². The Kier molecular flexibility index (Phi) is 4.21. The van der Waals surface area contributed by atoms with Crippen LogP contribution in [0.3, 0.4) is 0 Å². The zero-order valence-electron chi connectivity index (χ0n) is 10.8. The van der Waals surface area contributed by atoms with Gasteiger partial charge < -0.3 is 10.7 Å². The van der Waals surface area contributed by atoms with Gasteiger partial charge in [-0.2, -0.15) is 0 Å². The molecular weight excluding hydrogens is 261 g/mol. The number of benzene rings is 1. The lowest BCUT2D eigenvalue weighted by atomic mass is 10.1. The number of anilines is 1. The molecule has 2 rings (SSSR count). The van der Waals surface area contributed by atoms with Crippen LogP contribution < -0.4 is 16.6 Å². The number of nitrogens with zero attached hydrogens (tertiary/aromatic N) is 2. The van der Waals surface area contributed by atoms with Crippen molar-refractivity contribution >= 4 is 11.7 Å². The highest BCUT2D eigenvalue weighted by Gasteiger charge is 2.13. The molecule has 0 saturated carbocycles. The molecule has 1 amide bonds. The average molecular weight is 275 g/mol. The molecule has 0 aliphatic rings. The van der Waals surface area contributed by atoms with E-state index in [1.807, 2.05) is 0 Å². The van der Waals surface area contributed by atoms with Crippen LogP contribution in [0.4, 0.5) is 10.2 Å². The van der Waals surface area contributed by atoms with Crippen molar-refractivity contribution in [2.24, 2.45) is 5.84 Å². The molecule has 1 aromatic heterocycles. The van der Waals surface area contributed by atoms with E-state index >= 15 is 0 Å². The fraction of sp³-hybridized carbons (Fsp3) is 0.154. The summed E-state index contributed by atoms with van der Waals surface area (Å²) < 4.78 is 12.8. The van der Waals surface area contributed by atoms with Gasteiger partial charge in [0.05, 0.1) is 6.04 Å². The maximum absolute atomic E-state index is 12.8. The second-order valence-corrected chi connectivity index (χ2v) is 4.19. The molecule has 1 unspecified atom stereocenters. The molecule has 104 valence electrons. The summed E-state index contributed by atoms with van der Waals surface area (Å²) >= 11 is 0. The quantitative estimate of drug-likeness (QED) is 0.579. The van der Waals surface area contributed by atoms with Crippen molar-refractivity contribution in [3.63, 3.8) is 0 Å². The van der Waals surface area contributed by atoms with Crippen molar-refractivity contribution in [1.82, 2.24) is 15.5 Å². The highest BCUT2D eigenvalue weighted by atomic mass is 19.1.